The standard InChI is InChI=1S/C18H32O2/c1-13(7-5-11-17(2,3)20)14-9-10-15-16(19)8-6-12-18(14,15)4/h13-15,20H,5-12H2,1-4H3/t13-,14-,15-,18-/m1/s1. The predicted octanol–water partition coefficient (Wildman–Crippen LogP) is 4.35. The maximum Gasteiger partial charge on any atom is 0.136 e. The highest BCUT2D eigenvalue weighted by Gasteiger charge is 2.52. The number of carbonyl (C=O) groups is 1. The van der Waals surface area contributed by atoms with Gasteiger partial charge in [-0.25, -0.2) is 0 Å². The Bertz CT molecular complexity index is 355. The van der Waals surface area contributed by atoms with Gasteiger partial charge in [-0.1, -0.05) is 26.7 Å². The minimum absolute atomic E-state index is 0.267. The van der Waals surface area contributed by atoms with Crippen LogP contribution in [0.5, 0.6) is 0 Å². The van der Waals surface area contributed by atoms with Crippen LogP contribution in [0.15, 0.2) is 0 Å². The Morgan fingerprint density at radius 3 is 2.75 bits per heavy atom. The minimum Gasteiger partial charge on any atom is -0.390 e. The van der Waals surface area contributed by atoms with Crippen LogP contribution in [-0.4, -0.2) is 16.5 Å². The molecule has 2 fully saturated rings. The van der Waals surface area contributed by atoms with E-state index in [1.165, 1.54) is 19.3 Å². The maximum absolute atomic E-state index is 12.2. The number of rotatable bonds is 5. The first kappa shape index (κ1) is 16.0. The summed E-state index contributed by atoms with van der Waals surface area (Å²) in [6.07, 6.45) is 8.67. The lowest BCUT2D eigenvalue weighted by Gasteiger charge is -2.42. The molecule has 2 saturated carbocycles. The minimum atomic E-state index is -0.539. The summed E-state index contributed by atoms with van der Waals surface area (Å²) >= 11 is 0. The normalized spacial score (nSPS) is 36.0. The van der Waals surface area contributed by atoms with Crippen molar-refractivity contribution >= 4 is 5.78 Å². The predicted molar refractivity (Wildman–Crippen MR) is 82.5 cm³/mol. The van der Waals surface area contributed by atoms with Crippen molar-refractivity contribution in [2.75, 3.05) is 0 Å². The molecule has 116 valence electrons. The third kappa shape index (κ3) is 3.27. The van der Waals surface area contributed by atoms with E-state index >= 15 is 0 Å². The topological polar surface area (TPSA) is 37.3 Å². The molecule has 20 heavy (non-hydrogen) atoms. The van der Waals surface area contributed by atoms with Crippen LogP contribution in [0.4, 0.5) is 0 Å². The number of carbonyl (C=O) groups excluding carboxylic acids is 1. The molecule has 0 aromatic carbocycles. The molecule has 2 aliphatic rings. The Labute approximate surface area is 124 Å². The smallest absolute Gasteiger partial charge is 0.136 e. The fourth-order valence-electron chi connectivity index (χ4n) is 4.96. The Hall–Kier alpha value is -0.370. The highest BCUT2D eigenvalue weighted by molar-refractivity contribution is 5.83. The highest BCUT2D eigenvalue weighted by Crippen LogP contribution is 2.57. The zero-order valence-electron chi connectivity index (χ0n) is 13.7. The van der Waals surface area contributed by atoms with Gasteiger partial charge in [-0.15, -0.1) is 0 Å². The number of hydrogen-bond acceptors (Lipinski definition) is 2. The number of fused-ring (bicyclic) bond motifs is 1. The van der Waals surface area contributed by atoms with E-state index in [2.05, 4.69) is 13.8 Å². The Morgan fingerprint density at radius 1 is 1.40 bits per heavy atom. The molecule has 0 saturated heterocycles. The van der Waals surface area contributed by atoms with Crippen molar-refractivity contribution in [2.45, 2.75) is 84.7 Å². The van der Waals surface area contributed by atoms with Gasteiger partial charge in [0.25, 0.3) is 0 Å². The van der Waals surface area contributed by atoms with Crippen LogP contribution in [-0.2, 0) is 4.79 Å². The van der Waals surface area contributed by atoms with Crippen molar-refractivity contribution in [3.8, 4) is 0 Å². The lowest BCUT2D eigenvalue weighted by molar-refractivity contribution is -0.130. The van der Waals surface area contributed by atoms with Gasteiger partial charge in [-0.3, -0.25) is 4.79 Å². The van der Waals surface area contributed by atoms with Gasteiger partial charge in [0.2, 0.25) is 0 Å². The molecule has 0 bridgehead atoms. The van der Waals surface area contributed by atoms with Crippen molar-refractivity contribution in [3.05, 3.63) is 0 Å². The second-order valence-corrected chi connectivity index (χ2v) is 8.24. The first-order chi connectivity index (χ1) is 9.24. The summed E-state index contributed by atoms with van der Waals surface area (Å²) in [6, 6.07) is 0. The molecule has 2 rings (SSSR count). The van der Waals surface area contributed by atoms with Crippen LogP contribution in [0, 0.1) is 23.2 Å². The van der Waals surface area contributed by atoms with Crippen LogP contribution in [0.25, 0.3) is 0 Å². The highest BCUT2D eigenvalue weighted by atomic mass is 16.3. The molecule has 0 unspecified atom stereocenters. The summed E-state index contributed by atoms with van der Waals surface area (Å²) in [7, 11) is 0. The van der Waals surface area contributed by atoms with Crippen LogP contribution in [0.2, 0.25) is 0 Å². The molecule has 0 radical (unpaired) electrons. The number of aliphatic hydroxyl groups is 1. The van der Waals surface area contributed by atoms with Gasteiger partial charge in [0.15, 0.2) is 0 Å². The van der Waals surface area contributed by atoms with Gasteiger partial charge in [-0.2, -0.15) is 0 Å². The second kappa shape index (κ2) is 5.79. The quantitative estimate of drug-likeness (QED) is 0.813. The van der Waals surface area contributed by atoms with Crippen LogP contribution in [0.3, 0.4) is 0 Å². The van der Waals surface area contributed by atoms with Gasteiger partial charge in [0.05, 0.1) is 5.60 Å². The van der Waals surface area contributed by atoms with E-state index in [4.69, 9.17) is 0 Å². The molecule has 2 nitrogen and oxygen atoms in total. The summed E-state index contributed by atoms with van der Waals surface area (Å²) in [5.74, 6) is 2.26. The summed E-state index contributed by atoms with van der Waals surface area (Å²) < 4.78 is 0. The van der Waals surface area contributed by atoms with E-state index < -0.39 is 5.60 Å². The molecule has 0 aromatic heterocycles. The van der Waals surface area contributed by atoms with Crippen molar-refractivity contribution < 1.29 is 9.90 Å². The molecule has 2 aliphatic carbocycles. The van der Waals surface area contributed by atoms with Crippen LogP contribution >= 0.6 is 0 Å². The lowest BCUT2D eigenvalue weighted by Crippen LogP contribution is -2.39. The monoisotopic (exact) mass is 280 g/mol. The van der Waals surface area contributed by atoms with Crippen LogP contribution < -0.4 is 0 Å². The Kier molecular flexibility index (Phi) is 4.63. The molecule has 0 aromatic rings. The van der Waals surface area contributed by atoms with Crippen molar-refractivity contribution in [2.24, 2.45) is 23.2 Å². The molecule has 1 N–H and O–H groups in total. The van der Waals surface area contributed by atoms with Gasteiger partial charge in [-0.05, 0) is 63.2 Å². The van der Waals surface area contributed by atoms with E-state index in [1.54, 1.807) is 0 Å². The average molecular weight is 280 g/mol. The Morgan fingerprint density at radius 2 is 2.10 bits per heavy atom. The third-order valence-corrected chi connectivity index (χ3v) is 6.07. The molecule has 0 heterocycles. The fourth-order valence-corrected chi connectivity index (χ4v) is 4.96. The van der Waals surface area contributed by atoms with E-state index in [-0.39, 0.29) is 5.41 Å². The van der Waals surface area contributed by atoms with E-state index in [0.29, 0.717) is 23.5 Å². The molecule has 2 heteroatoms. The number of hydrogen-bond donors (Lipinski definition) is 1. The van der Waals surface area contributed by atoms with Gasteiger partial charge in [0.1, 0.15) is 5.78 Å². The summed E-state index contributed by atoms with van der Waals surface area (Å²) in [4.78, 5) is 12.2. The van der Waals surface area contributed by atoms with Crippen molar-refractivity contribution in [3.63, 3.8) is 0 Å². The molecule has 0 aliphatic heterocycles. The summed E-state index contributed by atoms with van der Waals surface area (Å²) in [5, 5.41) is 9.82. The largest absolute Gasteiger partial charge is 0.390 e. The van der Waals surface area contributed by atoms with Gasteiger partial charge < -0.3 is 5.11 Å². The molecule has 0 spiro atoms. The van der Waals surface area contributed by atoms with Crippen molar-refractivity contribution in [1.29, 1.82) is 0 Å². The molecular weight excluding hydrogens is 248 g/mol. The molecule has 0 amide bonds. The van der Waals surface area contributed by atoms with E-state index in [9.17, 15) is 9.90 Å². The van der Waals surface area contributed by atoms with E-state index in [0.717, 1.165) is 32.1 Å². The SMILES string of the molecule is C[C@H](CCCC(C)(C)O)[C@H]1CC[C@@H]2C(=O)CCC[C@@]21C. The number of Topliss-reactive ketones (excluding diaryl/α,β-unsaturated/α-hetero) is 1. The van der Waals surface area contributed by atoms with Gasteiger partial charge in [0, 0.05) is 12.3 Å². The zero-order chi connectivity index (χ0) is 15.0. The second-order valence-electron chi connectivity index (χ2n) is 8.24. The molecular formula is C18H32O2. The fraction of sp³-hybridized carbons (Fsp3) is 0.944. The van der Waals surface area contributed by atoms with E-state index in [1.807, 2.05) is 13.8 Å². The lowest BCUT2D eigenvalue weighted by atomic mass is 9.62. The van der Waals surface area contributed by atoms with Gasteiger partial charge >= 0.3 is 0 Å². The Balaban J connectivity index is 1.93. The first-order valence-electron chi connectivity index (χ1n) is 8.49. The van der Waals surface area contributed by atoms with Crippen molar-refractivity contribution in [1.82, 2.24) is 0 Å². The summed E-state index contributed by atoms with van der Waals surface area (Å²) in [5.41, 5.74) is -0.272. The molecule has 4 atom stereocenters. The summed E-state index contributed by atoms with van der Waals surface area (Å²) in [6.45, 7) is 8.52. The van der Waals surface area contributed by atoms with Crippen LogP contribution in [0.1, 0.15) is 79.1 Å². The maximum atomic E-state index is 12.2. The third-order valence-electron chi connectivity index (χ3n) is 6.07. The average Bonchev–Trinajstić information content (AvgIpc) is 2.66. The number of ketones is 1. The first-order valence-corrected chi connectivity index (χ1v) is 8.49. The zero-order valence-corrected chi connectivity index (χ0v) is 13.7.